The Bertz CT molecular complexity index is 1060. The zero-order chi connectivity index (χ0) is 22.5. The number of hydrogen-bond acceptors (Lipinski definition) is 5. The fourth-order valence-corrected chi connectivity index (χ4v) is 4.04. The standard InChI is InChI=1S/C26H31FN4O/c1-19-7-8-25(32)23(15-19)24-17-21(20-5-3-6-22(27)16-20)18-26(29-24)28-9-4-10-31-13-11-30(2)12-14-31/h3,5-8,15-18,32H,4,9-14H2,1-2H3,(H,28,29). The summed E-state index contributed by atoms with van der Waals surface area (Å²) in [6.07, 6.45) is 1.01. The molecule has 4 rings (SSSR count). The second-order valence-corrected chi connectivity index (χ2v) is 8.58. The Morgan fingerprint density at radius 1 is 1.00 bits per heavy atom. The second kappa shape index (κ2) is 10.1. The minimum absolute atomic E-state index is 0.181. The van der Waals surface area contributed by atoms with Crippen LogP contribution in [-0.4, -0.2) is 66.2 Å². The lowest BCUT2D eigenvalue weighted by Crippen LogP contribution is -2.44. The molecule has 1 aliphatic rings. The van der Waals surface area contributed by atoms with Gasteiger partial charge >= 0.3 is 0 Å². The van der Waals surface area contributed by atoms with Crippen LogP contribution in [0, 0.1) is 12.7 Å². The van der Waals surface area contributed by atoms with Crippen LogP contribution in [0.25, 0.3) is 22.4 Å². The summed E-state index contributed by atoms with van der Waals surface area (Å²) in [5, 5.41) is 13.9. The molecule has 2 aromatic carbocycles. The smallest absolute Gasteiger partial charge is 0.127 e. The van der Waals surface area contributed by atoms with Crippen LogP contribution in [0.2, 0.25) is 0 Å². The fraction of sp³-hybridized carbons (Fsp3) is 0.346. The van der Waals surface area contributed by atoms with E-state index in [1.807, 2.05) is 37.3 Å². The third-order valence-electron chi connectivity index (χ3n) is 5.96. The molecule has 1 aliphatic heterocycles. The number of aromatic hydroxyl groups is 1. The van der Waals surface area contributed by atoms with E-state index >= 15 is 0 Å². The van der Waals surface area contributed by atoms with Gasteiger partial charge in [-0.2, -0.15) is 0 Å². The van der Waals surface area contributed by atoms with Crippen LogP contribution in [0.4, 0.5) is 10.2 Å². The molecule has 32 heavy (non-hydrogen) atoms. The highest BCUT2D eigenvalue weighted by molar-refractivity contribution is 5.76. The van der Waals surface area contributed by atoms with Crippen LogP contribution in [0.3, 0.4) is 0 Å². The molecule has 0 saturated carbocycles. The highest BCUT2D eigenvalue weighted by Crippen LogP contribution is 2.33. The Morgan fingerprint density at radius 3 is 2.59 bits per heavy atom. The van der Waals surface area contributed by atoms with E-state index in [4.69, 9.17) is 4.98 Å². The number of nitrogens with one attached hydrogen (secondary N) is 1. The van der Waals surface area contributed by atoms with Gasteiger partial charge in [-0.15, -0.1) is 0 Å². The topological polar surface area (TPSA) is 51.6 Å². The Labute approximate surface area is 189 Å². The molecule has 168 valence electrons. The zero-order valence-electron chi connectivity index (χ0n) is 18.8. The molecule has 0 radical (unpaired) electrons. The first kappa shape index (κ1) is 22.2. The molecule has 6 heteroatoms. The van der Waals surface area contributed by atoms with E-state index in [1.54, 1.807) is 12.1 Å². The summed E-state index contributed by atoms with van der Waals surface area (Å²) in [5.74, 6) is 0.627. The number of benzene rings is 2. The maximum Gasteiger partial charge on any atom is 0.127 e. The first-order valence-electron chi connectivity index (χ1n) is 11.2. The summed E-state index contributed by atoms with van der Waals surface area (Å²) in [6.45, 7) is 8.29. The van der Waals surface area contributed by atoms with E-state index < -0.39 is 0 Å². The zero-order valence-corrected chi connectivity index (χ0v) is 18.8. The average Bonchev–Trinajstić information content (AvgIpc) is 2.79. The van der Waals surface area contributed by atoms with E-state index in [9.17, 15) is 9.50 Å². The number of hydrogen-bond donors (Lipinski definition) is 2. The van der Waals surface area contributed by atoms with Crippen molar-refractivity contribution in [3.63, 3.8) is 0 Å². The number of phenols is 1. The van der Waals surface area contributed by atoms with Crippen LogP contribution in [-0.2, 0) is 0 Å². The first-order chi connectivity index (χ1) is 15.5. The van der Waals surface area contributed by atoms with Gasteiger partial charge in [0.05, 0.1) is 5.69 Å². The Kier molecular flexibility index (Phi) is 7.02. The summed E-state index contributed by atoms with van der Waals surface area (Å²) in [6, 6.07) is 15.9. The van der Waals surface area contributed by atoms with Crippen molar-refractivity contribution in [3.8, 4) is 28.1 Å². The Hall–Kier alpha value is -2.96. The van der Waals surface area contributed by atoms with E-state index in [-0.39, 0.29) is 11.6 Å². The number of phenolic OH excluding ortho intramolecular Hbond substituents is 1. The van der Waals surface area contributed by atoms with Crippen LogP contribution in [0.1, 0.15) is 12.0 Å². The van der Waals surface area contributed by atoms with Gasteiger partial charge in [-0.1, -0.05) is 23.8 Å². The van der Waals surface area contributed by atoms with Crippen LogP contribution in [0.15, 0.2) is 54.6 Å². The number of nitrogens with zero attached hydrogens (tertiary/aromatic N) is 3. The van der Waals surface area contributed by atoms with E-state index in [0.717, 1.165) is 68.2 Å². The summed E-state index contributed by atoms with van der Waals surface area (Å²) >= 11 is 0. The number of rotatable bonds is 7. The third-order valence-corrected chi connectivity index (χ3v) is 5.96. The lowest BCUT2D eigenvalue weighted by Gasteiger charge is -2.32. The number of aryl methyl sites for hydroxylation is 1. The maximum atomic E-state index is 13.9. The molecule has 0 bridgehead atoms. The van der Waals surface area contributed by atoms with Gasteiger partial charge in [0.15, 0.2) is 0 Å². The van der Waals surface area contributed by atoms with Crippen LogP contribution in [0.5, 0.6) is 5.75 Å². The molecule has 2 heterocycles. The van der Waals surface area contributed by atoms with Crippen molar-refractivity contribution in [2.75, 3.05) is 51.6 Å². The number of likely N-dealkylation sites (N-methyl/N-ethyl adjacent to an activating group) is 1. The molecule has 5 nitrogen and oxygen atoms in total. The van der Waals surface area contributed by atoms with Gasteiger partial charge in [-0.25, -0.2) is 9.37 Å². The van der Waals surface area contributed by atoms with Crippen molar-refractivity contribution >= 4 is 5.82 Å². The number of aromatic nitrogens is 1. The highest BCUT2D eigenvalue weighted by Gasteiger charge is 2.14. The molecule has 0 spiro atoms. The first-order valence-corrected chi connectivity index (χ1v) is 11.2. The maximum absolute atomic E-state index is 13.9. The molecule has 1 fully saturated rings. The minimum Gasteiger partial charge on any atom is -0.507 e. The highest BCUT2D eigenvalue weighted by atomic mass is 19.1. The number of halogens is 1. The van der Waals surface area contributed by atoms with Gasteiger partial charge in [0.2, 0.25) is 0 Å². The van der Waals surface area contributed by atoms with Crippen molar-refractivity contribution in [1.82, 2.24) is 14.8 Å². The van der Waals surface area contributed by atoms with Gasteiger partial charge in [0.1, 0.15) is 17.4 Å². The third kappa shape index (κ3) is 5.64. The summed E-state index contributed by atoms with van der Waals surface area (Å²) < 4.78 is 13.9. The predicted molar refractivity (Wildman–Crippen MR) is 129 cm³/mol. The Morgan fingerprint density at radius 2 is 1.81 bits per heavy atom. The summed E-state index contributed by atoms with van der Waals surface area (Å²) in [7, 11) is 2.17. The summed E-state index contributed by atoms with van der Waals surface area (Å²) in [4.78, 5) is 9.62. The van der Waals surface area contributed by atoms with E-state index in [1.165, 1.54) is 12.1 Å². The molecule has 0 amide bonds. The van der Waals surface area contributed by atoms with Crippen LogP contribution >= 0.6 is 0 Å². The van der Waals surface area contributed by atoms with Crippen molar-refractivity contribution < 1.29 is 9.50 Å². The van der Waals surface area contributed by atoms with Gasteiger partial charge in [0.25, 0.3) is 0 Å². The number of piperazine rings is 1. The molecular weight excluding hydrogens is 403 g/mol. The molecule has 0 atom stereocenters. The molecular formula is C26H31FN4O. The van der Waals surface area contributed by atoms with E-state index in [0.29, 0.717) is 11.3 Å². The molecule has 2 N–H and O–H groups in total. The average molecular weight is 435 g/mol. The fourth-order valence-electron chi connectivity index (χ4n) is 4.04. The number of pyridine rings is 1. The van der Waals surface area contributed by atoms with Crippen molar-refractivity contribution in [3.05, 3.63) is 66.0 Å². The summed E-state index contributed by atoms with van der Waals surface area (Å²) in [5.41, 5.74) is 4.01. The SMILES string of the molecule is Cc1ccc(O)c(-c2cc(-c3cccc(F)c3)cc(NCCCN3CCN(C)CC3)n2)c1. The largest absolute Gasteiger partial charge is 0.507 e. The predicted octanol–water partition coefficient (Wildman–Crippen LogP) is 4.62. The van der Waals surface area contributed by atoms with Crippen molar-refractivity contribution in [2.24, 2.45) is 0 Å². The Balaban J connectivity index is 1.54. The quantitative estimate of drug-likeness (QED) is 0.532. The minimum atomic E-state index is -0.277. The monoisotopic (exact) mass is 434 g/mol. The lowest BCUT2D eigenvalue weighted by molar-refractivity contribution is 0.154. The van der Waals surface area contributed by atoms with Gasteiger partial charge in [0, 0.05) is 38.3 Å². The molecule has 3 aromatic rings. The molecule has 1 saturated heterocycles. The van der Waals surface area contributed by atoms with Crippen LogP contribution < -0.4 is 5.32 Å². The van der Waals surface area contributed by atoms with Gasteiger partial charge < -0.3 is 20.2 Å². The lowest BCUT2D eigenvalue weighted by atomic mass is 10.0. The van der Waals surface area contributed by atoms with E-state index in [2.05, 4.69) is 22.2 Å². The second-order valence-electron chi connectivity index (χ2n) is 8.58. The van der Waals surface area contributed by atoms with Crippen molar-refractivity contribution in [2.45, 2.75) is 13.3 Å². The number of anilines is 1. The van der Waals surface area contributed by atoms with Gasteiger partial charge in [-0.05, 0) is 74.5 Å². The normalized spacial score (nSPS) is 15.1. The molecule has 0 aliphatic carbocycles. The van der Waals surface area contributed by atoms with Crippen molar-refractivity contribution in [1.29, 1.82) is 0 Å². The molecule has 0 unspecified atom stereocenters. The molecule has 1 aromatic heterocycles. The van der Waals surface area contributed by atoms with Gasteiger partial charge in [-0.3, -0.25) is 0 Å².